The second-order valence-electron chi connectivity index (χ2n) is 20.4. The van der Waals surface area contributed by atoms with Gasteiger partial charge in [-0.3, -0.25) is 47.4 Å². The molecule has 0 saturated carbocycles. The lowest BCUT2D eigenvalue weighted by atomic mass is 9.86. The van der Waals surface area contributed by atoms with Crippen molar-refractivity contribution in [2.75, 3.05) is 104 Å². The second kappa shape index (κ2) is 34.2. The van der Waals surface area contributed by atoms with Crippen molar-refractivity contribution in [1.82, 2.24) is 41.8 Å². The zero-order chi connectivity index (χ0) is 60.8. The van der Waals surface area contributed by atoms with Gasteiger partial charge in [0.15, 0.2) is 5.78 Å². The van der Waals surface area contributed by atoms with Crippen LogP contribution in [0.4, 0.5) is 0 Å². The minimum absolute atomic E-state index is 0.0779. The number of fused-ring (bicyclic) bond motifs is 5. The molecule has 1 aromatic carbocycles. The number of aliphatic hydroxyl groups is 3. The van der Waals surface area contributed by atoms with Gasteiger partial charge in [0.25, 0.3) is 0 Å². The highest BCUT2D eigenvalue weighted by Gasteiger charge is 2.45. The summed E-state index contributed by atoms with van der Waals surface area (Å²) in [5.41, 5.74) is 6.16. The summed E-state index contributed by atoms with van der Waals surface area (Å²) in [5, 5.41) is 58.3. The number of phenolic OH excluding ortho intramolecular Hbond substituents is 1. The van der Waals surface area contributed by atoms with Crippen LogP contribution in [0.3, 0.4) is 0 Å². The molecule has 28 nitrogen and oxygen atoms in total. The molecule has 1 aromatic heterocycles. The van der Waals surface area contributed by atoms with Gasteiger partial charge in [0, 0.05) is 66.7 Å². The van der Waals surface area contributed by atoms with Crippen LogP contribution < -0.4 is 37.6 Å². The maximum atomic E-state index is 15.2. The molecule has 83 heavy (non-hydrogen) atoms. The Balaban J connectivity index is 1.56. The van der Waals surface area contributed by atoms with Crippen molar-refractivity contribution in [3.05, 3.63) is 23.3 Å². The van der Waals surface area contributed by atoms with Crippen molar-refractivity contribution >= 4 is 86.5 Å². The Labute approximate surface area is 487 Å². The molecule has 0 aliphatic carbocycles. The first kappa shape index (κ1) is 68.0. The van der Waals surface area contributed by atoms with E-state index in [9.17, 15) is 63.6 Å². The number of Topliss-reactive ketones (excluding diaryl/α,β-unsaturated/α-hetero) is 1. The van der Waals surface area contributed by atoms with Gasteiger partial charge in [-0.2, -0.15) is 11.8 Å². The molecule has 1 fully saturated rings. The fraction of sp³-hybridized carbons (Fsp3) is 0.679. The summed E-state index contributed by atoms with van der Waals surface area (Å²) in [6.45, 7) is 7.90. The quantitative estimate of drug-likeness (QED) is 0.0429. The standard InChI is InChI=1S/C53H81N9O19S2/c1-5-29(3)34-19-31(64)23-55-48(71)37-21-35-33-7-8-41(66)36(27-82-18-17-81-16-15-80-14-13-79-12-11-78-10-9-77-6-2)46(33)61-52(35)83(76)28-39(57-44(69)24-56-47(34)70)49(72)59-38(22-43(54)68)53(75)62-25-32(65)20-40(62)50(73)60-45(51(74)58-37)30(4)42(67)26-63/h7-8,29-30,32,34,37-40,42,45,61,63,65-67H,5-6,9-28H2,1-4H3,(H2,54,68)(H,55,71)(H,56,70)(H,57,69)(H,58,74)(H,59,72)(H,60,73)/t29-,30-,32+,34-,37-,38-,39+,40-,42-,45-,83?/m0/s1. The van der Waals surface area contributed by atoms with E-state index in [0.717, 1.165) is 4.90 Å². The monoisotopic (exact) mass is 1210 g/mol. The molecular formula is C53H81N9O19S2. The molecule has 2 bridgehead atoms. The molecule has 1 saturated heterocycles. The van der Waals surface area contributed by atoms with Crippen LogP contribution in [0.15, 0.2) is 17.2 Å². The minimum Gasteiger partial charge on any atom is -0.508 e. The topological polar surface area (TPSA) is 415 Å². The summed E-state index contributed by atoms with van der Waals surface area (Å²) in [6, 6.07) is -6.02. The van der Waals surface area contributed by atoms with Crippen LogP contribution in [0.1, 0.15) is 64.5 Å². The molecule has 464 valence electrons. The Morgan fingerprint density at radius 2 is 1.43 bits per heavy atom. The molecule has 3 aliphatic rings. The van der Waals surface area contributed by atoms with Crippen molar-refractivity contribution in [3.63, 3.8) is 0 Å². The third-order valence-corrected chi connectivity index (χ3v) is 16.8. The molecule has 8 amide bonds. The SMILES string of the molecule is CCOCCOCCOCCOCCOCCSCc1c(O)ccc2c3c([nH]c12)S(=O)C[C@H]1NC(=O)CNC(=O)[C@H]([C@@H](C)CC)CC(=O)CNC(=O)[C@H](C3)NC(=O)[C@H]([C@@H](C)[C@@H](O)CO)NC(=O)[C@@H]2C[C@@H](O)CN2C(=O)[C@H](CC(N)=O)NC1=O. The Hall–Kier alpha value is -5.83. The van der Waals surface area contributed by atoms with E-state index < -0.39 is 182 Å². The van der Waals surface area contributed by atoms with Gasteiger partial charge in [-0.15, -0.1) is 0 Å². The molecule has 30 heteroatoms. The first-order valence-corrected chi connectivity index (χ1v) is 30.2. The van der Waals surface area contributed by atoms with E-state index in [4.69, 9.17) is 29.4 Å². The van der Waals surface area contributed by atoms with Gasteiger partial charge in [-0.25, -0.2) is 0 Å². The van der Waals surface area contributed by atoms with E-state index in [-0.39, 0.29) is 46.2 Å². The number of phenols is 1. The smallest absolute Gasteiger partial charge is 0.246 e. The number of aromatic amines is 1. The molecule has 1 unspecified atom stereocenters. The van der Waals surface area contributed by atoms with Crippen molar-refractivity contribution in [3.8, 4) is 5.75 Å². The fourth-order valence-electron chi connectivity index (χ4n) is 9.55. The number of rotatable bonds is 25. The highest BCUT2D eigenvalue weighted by Crippen LogP contribution is 2.36. The number of nitrogens with zero attached hydrogens (tertiary/aromatic N) is 1. The highest BCUT2D eigenvalue weighted by atomic mass is 32.2. The number of thioether (sulfide) groups is 1. The number of benzene rings is 1. The summed E-state index contributed by atoms with van der Waals surface area (Å²) in [5.74, 6) is -12.1. The first-order chi connectivity index (χ1) is 39.7. The number of aliphatic hydroxyl groups excluding tert-OH is 3. The second-order valence-corrected chi connectivity index (χ2v) is 22.9. The summed E-state index contributed by atoms with van der Waals surface area (Å²) >= 11 is 1.36. The number of carbonyl (C=O) groups excluding carboxylic acids is 9. The summed E-state index contributed by atoms with van der Waals surface area (Å²) in [7, 11) is -2.45. The predicted octanol–water partition coefficient (Wildman–Crippen LogP) is -3.49. The lowest BCUT2D eigenvalue weighted by Gasteiger charge is -2.32. The molecule has 2 aromatic rings. The van der Waals surface area contributed by atoms with Crippen molar-refractivity contribution < 1.29 is 91.5 Å². The number of nitrogens with two attached hydrogens (primary N) is 1. The zero-order valence-corrected chi connectivity index (χ0v) is 48.9. The number of aromatic hydroxyl groups is 1. The average Bonchev–Trinajstić information content (AvgIpc) is 4.25. The van der Waals surface area contributed by atoms with Crippen LogP contribution in [-0.4, -0.2) is 234 Å². The van der Waals surface area contributed by atoms with Gasteiger partial charge in [0.2, 0.25) is 47.3 Å². The highest BCUT2D eigenvalue weighted by molar-refractivity contribution is 7.98. The Kier molecular flexibility index (Phi) is 28.0. The molecule has 0 spiro atoms. The van der Waals surface area contributed by atoms with Crippen molar-refractivity contribution in [2.45, 2.75) is 113 Å². The number of hydrogen-bond donors (Lipinski definition) is 12. The normalized spacial score (nSPS) is 24.8. The zero-order valence-electron chi connectivity index (χ0n) is 47.2. The molecular weight excluding hydrogens is 1130 g/mol. The number of amides is 8. The number of primary amides is 1. The van der Waals surface area contributed by atoms with Crippen LogP contribution in [-0.2, 0) is 89.8 Å². The molecule has 3 aliphatic heterocycles. The van der Waals surface area contributed by atoms with Crippen molar-refractivity contribution in [2.24, 2.45) is 23.5 Å². The Bertz CT molecular complexity index is 2590. The van der Waals surface area contributed by atoms with Crippen LogP contribution in [0, 0.1) is 17.8 Å². The van der Waals surface area contributed by atoms with Crippen LogP contribution >= 0.6 is 11.8 Å². The molecule has 0 radical (unpaired) electrons. The van der Waals surface area contributed by atoms with Crippen LogP contribution in [0.5, 0.6) is 5.75 Å². The maximum Gasteiger partial charge on any atom is 0.246 e. The number of ketones is 1. The van der Waals surface area contributed by atoms with Crippen LogP contribution in [0.2, 0.25) is 0 Å². The summed E-state index contributed by atoms with van der Waals surface area (Å²) < 4.78 is 42.6. The number of nitrogens with one attached hydrogen (secondary N) is 7. The number of hydrogen-bond acceptors (Lipinski definition) is 20. The van der Waals surface area contributed by atoms with E-state index in [2.05, 4.69) is 36.9 Å². The van der Waals surface area contributed by atoms with Crippen LogP contribution in [0.25, 0.3) is 10.9 Å². The van der Waals surface area contributed by atoms with Crippen molar-refractivity contribution in [1.29, 1.82) is 0 Å². The lowest BCUT2D eigenvalue weighted by Crippen LogP contribution is -2.62. The number of H-pyrrole nitrogens is 1. The first-order valence-electron chi connectivity index (χ1n) is 27.7. The van der Waals surface area contributed by atoms with E-state index in [1.165, 1.54) is 30.8 Å². The van der Waals surface area contributed by atoms with Gasteiger partial charge < -0.3 is 91.6 Å². The van der Waals surface area contributed by atoms with Gasteiger partial charge in [-0.05, 0) is 30.5 Å². The lowest BCUT2D eigenvalue weighted by molar-refractivity contribution is -0.144. The predicted molar refractivity (Wildman–Crippen MR) is 299 cm³/mol. The third-order valence-electron chi connectivity index (χ3n) is 14.5. The van der Waals surface area contributed by atoms with E-state index in [1.54, 1.807) is 13.8 Å². The number of aromatic nitrogens is 1. The summed E-state index contributed by atoms with van der Waals surface area (Å²) in [4.78, 5) is 131. The Morgan fingerprint density at radius 1 is 0.795 bits per heavy atom. The molecule has 11 atom stereocenters. The number of ether oxygens (including phenoxy) is 5. The van der Waals surface area contributed by atoms with E-state index >= 15 is 4.21 Å². The molecule has 13 N–H and O–H groups in total. The van der Waals surface area contributed by atoms with E-state index in [0.29, 0.717) is 70.6 Å². The Morgan fingerprint density at radius 3 is 2.06 bits per heavy atom. The number of carbonyl (C=O) groups is 9. The fourth-order valence-corrected chi connectivity index (χ4v) is 11.8. The molecule has 5 rings (SSSR count). The van der Waals surface area contributed by atoms with E-state index in [1.807, 2.05) is 6.92 Å². The maximum absolute atomic E-state index is 15.2. The van der Waals surface area contributed by atoms with Gasteiger partial charge in [0.05, 0.1) is 120 Å². The van der Waals surface area contributed by atoms with Gasteiger partial charge in [0.1, 0.15) is 41.0 Å². The largest absolute Gasteiger partial charge is 0.508 e. The average molecular weight is 1210 g/mol. The minimum atomic E-state index is -2.45. The summed E-state index contributed by atoms with van der Waals surface area (Å²) in [6.07, 6.45) is -4.88. The van der Waals surface area contributed by atoms with Gasteiger partial charge in [-0.1, -0.05) is 27.2 Å². The van der Waals surface area contributed by atoms with Gasteiger partial charge >= 0.3 is 0 Å². The third kappa shape index (κ3) is 20.2. The molecule has 4 heterocycles.